The largest absolute Gasteiger partial charge is 0.416 e. The van der Waals surface area contributed by atoms with Gasteiger partial charge >= 0.3 is 16.4 Å². The molecule has 0 bridgehead atoms. The molecule has 1 rings (SSSR count). The van der Waals surface area contributed by atoms with Crippen LogP contribution in [0.2, 0.25) is 0 Å². The maximum atomic E-state index is 12.2. The van der Waals surface area contributed by atoms with E-state index >= 15 is 0 Å². The summed E-state index contributed by atoms with van der Waals surface area (Å²) in [5.41, 5.74) is -0.342. The molecule has 0 heterocycles. The SMILES string of the molecule is O=S(=O)(F)/C=C/C=C/c1ccc(C(F)(F)F)cc1. The van der Waals surface area contributed by atoms with E-state index in [2.05, 4.69) is 0 Å². The van der Waals surface area contributed by atoms with Crippen molar-refractivity contribution in [3.8, 4) is 0 Å². The van der Waals surface area contributed by atoms with Gasteiger partial charge in [-0.3, -0.25) is 0 Å². The van der Waals surface area contributed by atoms with Crippen LogP contribution >= 0.6 is 0 Å². The summed E-state index contributed by atoms with van der Waals surface area (Å²) in [6.07, 6.45) is -0.904. The summed E-state index contributed by atoms with van der Waals surface area (Å²) < 4.78 is 68.9. The molecule has 7 heteroatoms. The Kier molecular flexibility index (Phi) is 4.28. The molecule has 0 atom stereocenters. The van der Waals surface area contributed by atoms with Crippen LogP contribution in [0.1, 0.15) is 11.1 Å². The maximum Gasteiger partial charge on any atom is 0.416 e. The minimum absolute atomic E-state index is 0.341. The average Bonchev–Trinajstić information content (AvgIpc) is 2.22. The van der Waals surface area contributed by atoms with Crippen LogP contribution in [0.25, 0.3) is 6.08 Å². The van der Waals surface area contributed by atoms with E-state index in [1.165, 1.54) is 24.3 Å². The Morgan fingerprint density at radius 3 is 2.00 bits per heavy atom. The minimum atomic E-state index is -4.69. The molecule has 0 saturated carbocycles. The molecule has 0 spiro atoms. The van der Waals surface area contributed by atoms with E-state index in [-0.39, 0.29) is 0 Å². The molecule has 1 aromatic rings. The molecule has 2 nitrogen and oxygen atoms in total. The second kappa shape index (κ2) is 5.34. The van der Waals surface area contributed by atoms with Crippen LogP contribution in [0.4, 0.5) is 17.1 Å². The first-order valence-electron chi connectivity index (χ1n) is 4.65. The molecular formula is C11H8F4O2S. The van der Waals surface area contributed by atoms with Crippen molar-refractivity contribution in [2.24, 2.45) is 0 Å². The molecule has 0 saturated heterocycles. The van der Waals surface area contributed by atoms with Gasteiger partial charge in [-0.1, -0.05) is 24.3 Å². The van der Waals surface area contributed by atoms with Gasteiger partial charge in [0, 0.05) is 0 Å². The fourth-order valence-electron chi connectivity index (χ4n) is 1.09. The van der Waals surface area contributed by atoms with Gasteiger partial charge in [-0.25, -0.2) is 0 Å². The van der Waals surface area contributed by atoms with E-state index in [1.807, 2.05) is 0 Å². The van der Waals surface area contributed by atoms with Crippen LogP contribution in [0.5, 0.6) is 0 Å². The zero-order valence-corrected chi connectivity index (χ0v) is 9.67. The molecule has 0 radical (unpaired) electrons. The predicted octanol–water partition coefficient (Wildman–Crippen LogP) is 3.53. The van der Waals surface area contributed by atoms with Crippen LogP contribution in [0.3, 0.4) is 0 Å². The molecule has 0 unspecified atom stereocenters. The average molecular weight is 280 g/mol. The molecule has 0 aliphatic carbocycles. The fraction of sp³-hybridized carbons (Fsp3) is 0.0909. The first kappa shape index (κ1) is 14.4. The Bertz CT molecular complexity index is 554. The summed E-state index contributed by atoms with van der Waals surface area (Å²) in [7, 11) is -4.69. The van der Waals surface area contributed by atoms with Crippen LogP contribution in [-0.4, -0.2) is 8.42 Å². The third-order valence-electron chi connectivity index (χ3n) is 1.88. The summed E-state index contributed by atoms with van der Waals surface area (Å²) in [6.45, 7) is 0. The van der Waals surface area contributed by atoms with E-state index in [0.717, 1.165) is 18.2 Å². The lowest BCUT2D eigenvalue weighted by Gasteiger charge is -2.05. The van der Waals surface area contributed by atoms with E-state index in [9.17, 15) is 25.5 Å². The molecule has 0 aromatic heterocycles. The van der Waals surface area contributed by atoms with E-state index < -0.39 is 22.0 Å². The van der Waals surface area contributed by atoms with Crippen molar-refractivity contribution < 1.29 is 25.5 Å². The number of benzene rings is 1. The van der Waals surface area contributed by atoms with Gasteiger partial charge in [0.2, 0.25) is 0 Å². The minimum Gasteiger partial charge on any atom is -0.190 e. The molecule has 0 N–H and O–H groups in total. The molecular weight excluding hydrogens is 272 g/mol. The second-order valence-corrected chi connectivity index (χ2v) is 4.51. The van der Waals surface area contributed by atoms with Gasteiger partial charge in [-0.05, 0) is 23.8 Å². The second-order valence-electron chi connectivity index (χ2n) is 3.28. The van der Waals surface area contributed by atoms with Crippen LogP contribution in [0.15, 0.2) is 41.8 Å². The first-order chi connectivity index (χ1) is 8.18. The fourth-order valence-corrected chi connectivity index (χ4v) is 1.37. The Morgan fingerprint density at radius 1 is 1.00 bits per heavy atom. The van der Waals surface area contributed by atoms with E-state index in [0.29, 0.717) is 11.0 Å². The highest BCUT2D eigenvalue weighted by Gasteiger charge is 2.29. The van der Waals surface area contributed by atoms with E-state index in [4.69, 9.17) is 0 Å². The smallest absolute Gasteiger partial charge is 0.190 e. The number of halogens is 4. The van der Waals surface area contributed by atoms with Crippen molar-refractivity contribution in [2.75, 3.05) is 0 Å². The first-order valence-corrected chi connectivity index (χ1v) is 6.10. The number of alkyl halides is 3. The van der Waals surface area contributed by atoms with Gasteiger partial charge in [-0.15, -0.1) is 3.89 Å². The maximum absolute atomic E-state index is 12.2. The van der Waals surface area contributed by atoms with Crippen LogP contribution < -0.4 is 0 Å². The Balaban J connectivity index is 2.76. The van der Waals surface area contributed by atoms with Gasteiger partial charge in [0.1, 0.15) is 0 Å². The summed E-state index contributed by atoms with van der Waals surface area (Å²) in [5, 5.41) is 0.341. The number of rotatable bonds is 3. The highest BCUT2D eigenvalue weighted by atomic mass is 32.3. The lowest BCUT2D eigenvalue weighted by molar-refractivity contribution is -0.137. The van der Waals surface area contributed by atoms with Gasteiger partial charge in [0.15, 0.2) is 0 Å². The van der Waals surface area contributed by atoms with Gasteiger partial charge < -0.3 is 0 Å². The lowest BCUT2D eigenvalue weighted by Crippen LogP contribution is -2.03. The third kappa shape index (κ3) is 5.13. The lowest BCUT2D eigenvalue weighted by atomic mass is 10.1. The van der Waals surface area contributed by atoms with Crippen molar-refractivity contribution in [3.05, 3.63) is 53.0 Å². The van der Waals surface area contributed by atoms with Gasteiger partial charge in [0.05, 0.1) is 11.0 Å². The Labute approximate surface area is 101 Å². The molecule has 0 aliphatic rings. The highest BCUT2D eigenvalue weighted by Crippen LogP contribution is 2.29. The Hall–Kier alpha value is -1.63. The van der Waals surface area contributed by atoms with Crippen LogP contribution in [0, 0.1) is 0 Å². The highest BCUT2D eigenvalue weighted by molar-refractivity contribution is 7.89. The monoisotopic (exact) mass is 280 g/mol. The van der Waals surface area contributed by atoms with Crippen molar-refractivity contribution in [2.45, 2.75) is 6.18 Å². The quantitative estimate of drug-likeness (QED) is 0.482. The van der Waals surface area contributed by atoms with Crippen molar-refractivity contribution >= 4 is 16.3 Å². The number of allylic oxidation sites excluding steroid dienone is 2. The van der Waals surface area contributed by atoms with Crippen LogP contribution in [-0.2, 0) is 16.4 Å². The standard InChI is InChI=1S/C11H8F4O2S/c12-11(13,14)10-6-4-9(5-7-10)3-1-2-8-18(15,16)17/h1-8H/b3-1+,8-2+. The third-order valence-corrected chi connectivity index (χ3v) is 2.36. The molecule has 0 fully saturated rings. The Morgan fingerprint density at radius 2 is 1.56 bits per heavy atom. The van der Waals surface area contributed by atoms with E-state index in [1.54, 1.807) is 0 Å². The van der Waals surface area contributed by atoms with Crippen molar-refractivity contribution in [1.82, 2.24) is 0 Å². The zero-order valence-electron chi connectivity index (χ0n) is 8.86. The molecule has 18 heavy (non-hydrogen) atoms. The summed E-state index contributed by atoms with van der Waals surface area (Å²) >= 11 is 0. The topological polar surface area (TPSA) is 34.1 Å². The normalized spacial score (nSPS) is 13.6. The molecule has 0 amide bonds. The zero-order chi connectivity index (χ0) is 13.8. The molecule has 1 aromatic carbocycles. The summed E-state index contributed by atoms with van der Waals surface area (Å²) in [5.74, 6) is 0. The van der Waals surface area contributed by atoms with Crippen molar-refractivity contribution in [3.63, 3.8) is 0 Å². The number of hydrogen-bond donors (Lipinski definition) is 0. The predicted molar refractivity (Wildman–Crippen MR) is 59.6 cm³/mol. The summed E-state index contributed by atoms with van der Waals surface area (Å²) in [4.78, 5) is 0. The van der Waals surface area contributed by atoms with Gasteiger partial charge in [-0.2, -0.15) is 21.6 Å². The van der Waals surface area contributed by atoms with Gasteiger partial charge in [0.25, 0.3) is 0 Å². The summed E-state index contributed by atoms with van der Waals surface area (Å²) in [6, 6.07) is 4.23. The molecule has 98 valence electrons. The molecule has 0 aliphatic heterocycles. The van der Waals surface area contributed by atoms with Crippen molar-refractivity contribution in [1.29, 1.82) is 0 Å². The number of hydrogen-bond acceptors (Lipinski definition) is 2.